The lowest BCUT2D eigenvalue weighted by atomic mass is 9.84. The Hall–Kier alpha value is -2.68. The Morgan fingerprint density at radius 3 is 1.36 bits per heavy atom. The number of ketones is 2. The molecule has 0 aromatic carbocycles. The molecule has 9 heteroatoms. The maximum atomic E-state index is 12.4. The monoisotopic (exact) mass is 654 g/mol. The topological polar surface area (TPSA) is 151 Å². The van der Waals surface area contributed by atoms with Crippen LogP contribution in [0.3, 0.4) is 0 Å². The summed E-state index contributed by atoms with van der Waals surface area (Å²) in [6, 6.07) is 1.74. The van der Waals surface area contributed by atoms with Crippen molar-refractivity contribution in [2.45, 2.75) is 179 Å². The maximum Gasteiger partial charge on any atom is 0.306 e. The van der Waals surface area contributed by atoms with Crippen molar-refractivity contribution < 1.29 is 24.3 Å². The molecule has 0 unspecified atom stereocenters. The van der Waals surface area contributed by atoms with Crippen LogP contribution in [0.15, 0.2) is 22.5 Å². The van der Waals surface area contributed by atoms with Crippen molar-refractivity contribution >= 4 is 23.4 Å². The molecular weight excluding hydrogens is 592 g/mol. The van der Waals surface area contributed by atoms with Crippen LogP contribution in [0.4, 0.5) is 0 Å². The minimum Gasteiger partial charge on any atom is -0.481 e. The number of carboxylic acids is 1. The number of hydrogen-bond acceptors (Lipinski definition) is 7. The van der Waals surface area contributed by atoms with Crippen LogP contribution in [0.25, 0.3) is 0 Å². The Labute approximate surface area is 282 Å². The molecule has 4 fully saturated rings. The molecule has 6 aliphatic carbocycles. The molecular formula is C38H62N4O5. The molecule has 4 saturated carbocycles. The molecule has 0 radical (unpaired) electrons. The van der Waals surface area contributed by atoms with Gasteiger partial charge in [0.2, 0.25) is 5.91 Å². The summed E-state index contributed by atoms with van der Waals surface area (Å²) in [7, 11) is 0. The van der Waals surface area contributed by atoms with Gasteiger partial charge in [0.25, 0.3) is 0 Å². The van der Waals surface area contributed by atoms with Crippen LogP contribution in [-0.4, -0.2) is 52.7 Å². The zero-order valence-corrected chi connectivity index (χ0v) is 29.2. The Morgan fingerprint density at radius 2 is 1.00 bits per heavy atom. The highest BCUT2D eigenvalue weighted by Crippen LogP contribution is 2.30. The number of amides is 1. The Kier molecular flexibility index (Phi) is 14.8. The Morgan fingerprint density at radius 1 is 0.574 bits per heavy atom. The van der Waals surface area contributed by atoms with Crippen molar-refractivity contribution in [1.29, 1.82) is 0 Å². The van der Waals surface area contributed by atoms with Gasteiger partial charge >= 0.3 is 5.97 Å². The van der Waals surface area contributed by atoms with Crippen molar-refractivity contribution in [3.8, 4) is 0 Å². The van der Waals surface area contributed by atoms with Gasteiger partial charge in [0.1, 0.15) is 0 Å². The first-order chi connectivity index (χ1) is 22.6. The van der Waals surface area contributed by atoms with Crippen molar-refractivity contribution in [2.75, 3.05) is 0 Å². The molecule has 9 nitrogen and oxygen atoms in total. The van der Waals surface area contributed by atoms with E-state index in [0.29, 0.717) is 37.0 Å². The molecule has 6 rings (SSSR count). The van der Waals surface area contributed by atoms with E-state index >= 15 is 0 Å². The standard InChI is InChI=1S/C19H30N2O2.C13H19NO3.C6H13N/c1-13-17(11-12-18(13)22)20-16-9-7-14(8-10-16)19(23)21-15-5-3-2-4-6-15;1-8-11(6-7-12(8)15)14-10-4-2-9(3-5-10)13(16)17;7-6-4-2-1-3-5-6/h14-16,20H,2-12H2,1H3,(H,21,23);9-10,14H,2-7H2,1H3,(H,16,17);6H,1-5,7H2. The van der Waals surface area contributed by atoms with Gasteiger partial charge in [0.05, 0.1) is 5.92 Å². The zero-order valence-electron chi connectivity index (χ0n) is 29.2. The van der Waals surface area contributed by atoms with Crippen LogP contribution >= 0.6 is 0 Å². The lowest BCUT2D eigenvalue weighted by Gasteiger charge is -2.31. The van der Waals surface area contributed by atoms with Gasteiger partial charge in [-0.15, -0.1) is 0 Å². The number of carboxylic acid groups (broad SMARTS) is 1. The Bertz CT molecular complexity index is 1130. The highest BCUT2D eigenvalue weighted by Gasteiger charge is 2.30. The number of allylic oxidation sites excluding steroid dienone is 4. The SMILES string of the molecule is CC1=C(NC2CCC(C(=O)NC3CCCCC3)CC2)CCC1=O.CC1=C(NC2CCC(C(=O)O)CC2)CCC1=O.NC1CCCCC1. The van der Waals surface area contributed by atoms with Crippen LogP contribution in [-0.2, 0) is 19.2 Å². The van der Waals surface area contributed by atoms with Crippen LogP contribution in [0.1, 0.15) is 155 Å². The molecule has 0 aliphatic heterocycles. The molecule has 0 heterocycles. The molecule has 0 bridgehead atoms. The van der Waals surface area contributed by atoms with E-state index in [2.05, 4.69) is 16.0 Å². The van der Waals surface area contributed by atoms with E-state index < -0.39 is 5.97 Å². The number of carbonyl (C=O) groups excluding carboxylic acids is 3. The largest absolute Gasteiger partial charge is 0.481 e. The normalized spacial score (nSPS) is 29.0. The third-order valence-corrected chi connectivity index (χ3v) is 11.5. The Balaban J connectivity index is 0.000000182. The lowest BCUT2D eigenvalue weighted by molar-refractivity contribution is -0.143. The van der Waals surface area contributed by atoms with Crippen molar-refractivity contribution in [3.63, 3.8) is 0 Å². The summed E-state index contributed by atoms with van der Waals surface area (Å²) in [5, 5.41) is 19.2. The minimum atomic E-state index is -0.671. The predicted octanol–water partition coefficient (Wildman–Crippen LogP) is 6.35. The zero-order chi connectivity index (χ0) is 33.8. The summed E-state index contributed by atoms with van der Waals surface area (Å²) in [5.41, 5.74) is 9.64. The molecule has 0 spiro atoms. The lowest BCUT2D eigenvalue weighted by Crippen LogP contribution is -2.42. The van der Waals surface area contributed by atoms with Gasteiger partial charge in [-0.2, -0.15) is 0 Å². The number of nitrogens with one attached hydrogen (secondary N) is 3. The first-order valence-electron chi connectivity index (χ1n) is 18.9. The molecule has 0 atom stereocenters. The second-order valence-corrected chi connectivity index (χ2v) is 15.0. The van der Waals surface area contributed by atoms with Crippen LogP contribution in [0.2, 0.25) is 0 Å². The number of nitrogens with two attached hydrogens (primary N) is 1. The summed E-state index contributed by atoms with van der Waals surface area (Å²) >= 11 is 0. The highest BCUT2D eigenvalue weighted by molar-refractivity contribution is 5.98. The first-order valence-corrected chi connectivity index (χ1v) is 18.9. The second kappa shape index (κ2) is 18.8. The van der Waals surface area contributed by atoms with E-state index in [-0.39, 0.29) is 29.3 Å². The molecule has 0 aromatic heterocycles. The minimum absolute atomic E-state index is 0.173. The average molecular weight is 655 g/mol. The predicted molar refractivity (Wildman–Crippen MR) is 185 cm³/mol. The van der Waals surface area contributed by atoms with Gasteiger partial charge < -0.3 is 26.8 Å². The molecule has 1 amide bonds. The first kappa shape index (κ1) is 37.1. The number of rotatable bonds is 7. The maximum absolute atomic E-state index is 12.4. The summed E-state index contributed by atoms with van der Waals surface area (Å²) in [5.74, 6) is 0.153. The molecule has 47 heavy (non-hydrogen) atoms. The van der Waals surface area contributed by atoms with Gasteiger partial charge in [-0.25, -0.2) is 0 Å². The molecule has 6 aliphatic rings. The van der Waals surface area contributed by atoms with Gasteiger partial charge in [0, 0.05) is 65.5 Å². The van der Waals surface area contributed by atoms with Crippen molar-refractivity contribution in [2.24, 2.45) is 17.6 Å². The second-order valence-electron chi connectivity index (χ2n) is 15.0. The third kappa shape index (κ3) is 11.8. The molecule has 6 N–H and O–H groups in total. The van der Waals surface area contributed by atoms with Crippen LogP contribution < -0.4 is 21.7 Å². The van der Waals surface area contributed by atoms with E-state index in [1.54, 1.807) is 0 Å². The fourth-order valence-corrected chi connectivity index (χ4v) is 8.10. The number of hydrogen-bond donors (Lipinski definition) is 5. The van der Waals surface area contributed by atoms with Gasteiger partial charge in [0.15, 0.2) is 11.6 Å². The summed E-state index contributed by atoms with van der Waals surface area (Å²) in [6.45, 7) is 3.81. The van der Waals surface area contributed by atoms with E-state index in [4.69, 9.17) is 10.8 Å². The van der Waals surface area contributed by atoms with Gasteiger partial charge in [-0.1, -0.05) is 38.5 Å². The molecule has 264 valence electrons. The van der Waals surface area contributed by atoms with Gasteiger partial charge in [-0.3, -0.25) is 19.2 Å². The van der Waals surface area contributed by atoms with Gasteiger partial charge in [-0.05, 0) is 104 Å². The average Bonchev–Trinajstić information content (AvgIpc) is 3.57. The summed E-state index contributed by atoms with van der Waals surface area (Å²) < 4.78 is 0. The fraction of sp³-hybridized carbons (Fsp3) is 0.789. The third-order valence-electron chi connectivity index (χ3n) is 11.5. The van der Waals surface area contributed by atoms with E-state index in [0.717, 1.165) is 99.6 Å². The van der Waals surface area contributed by atoms with Crippen molar-refractivity contribution in [3.05, 3.63) is 22.5 Å². The van der Waals surface area contributed by atoms with Crippen LogP contribution in [0.5, 0.6) is 0 Å². The quantitative estimate of drug-likeness (QED) is 0.213. The fourth-order valence-electron chi connectivity index (χ4n) is 8.10. The number of carbonyl (C=O) groups is 4. The van der Waals surface area contributed by atoms with E-state index in [1.165, 1.54) is 51.4 Å². The summed E-state index contributed by atoms with van der Waals surface area (Å²) in [4.78, 5) is 46.3. The molecule has 0 aromatic rings. The number of aliphatic carboxylic acids is 1. The molecule has 0 saturated heterocycles. The van der Waals surface area contributed by atoms with Crippen LogP contribution in [0, 0.1) is 11.8 Å². The smallest absolute Gasteiger partial charge is 0.306 e. The van der Waals surface area contributed by atoms with Crippen molar-refractivity contribution in [1.82, 2.24) is 16.0 Å². The van der Waals surface area contributed by atoms with E-state index in [9.17, 15) is 19.2 Å². The summed E-state index contributed by atoms with van der Waals surface area (Å²) in [6.07, 6.45) is 23.1. The van der Waals surface area contributed by atoms with E-state index in [1.807, 2.05) is 13.8 Å². The number of Topliss-reactive ketones (excluding diaryl/α,β-unsaturated/α-hetero) is 2. The highest BCUT2D eigenvalue weighted by atomic mass is 16.4.